The van der Waals surface area contributed by atoms with E-state index in [1.807, 2.05) is 0 Å². The predicted molar refractivity (Wildman–Crippen MR) is 66.0 cm³/mol. The lowest BCUT2D eigenvalue weighted by molar-refractivity contribution is -0.384. The van der Waals surface area contributed by atoms with Crippen molar-refractivity contribution in [1.29, 1.82) is 0 Å². The molecule has 0 radical (unpaired) electrons. The van der Waals surface area contributed by atoms with E-state index in [0.717, 1.165) is 0 Å². The number of nitro benzene ring substituents is 1. The van der Waals surface area contributed by atoms with Gasteiger partial charge in [-0.25, -0.2) is 0 Å². The summed E-state index contributed by atoms with van der Waals surface area (Å²) in [6, 6.07) is 4.56. The van der Waals surface area contributed by atoms with Gasteiger partial charge in [-0.3, -0.25) is 14.9 Å². The summed E-state index contributed by atoms with van der Waals surface area (Å²) in [7, 11) is 0. The average Bonchev–Trinajstić information content (AvgIpc) is 2.59. The molecule has 0 unspecified atom stereocenters. The Morgan fingerprint density at radius 2 is 2.24 bits per heavy atom. The van der Waals surface area contributed by atoms with Crippen LogP contribution in [-0.4, -0.2) is 16.1 Å². The van der Waals surface area contributed by atoms with E-state index in [1.54, 1.807) is 13.0 Å². The highest BCUT2D eigenvalue weighted by molar-refractivity contribution is 8.01. The van der Waals surface area contributed by atoms with Crippen LogP contribution in [0.2, 0.25) is 5.02 Å². The first-order valence-corrected chi connectivity index (χ1v) is 6.21. The summed E-state index contributed by atoms with van der Waals surface area (Å²) in [6.07, 6.45) is 0. The van der Waals surface area contributed by atoms with Gasteiger partial charge in [0.05, 0.1) is 10.2 Å². The molecule has 1 aromatic rings. The van der Waals surface area contributed by atoms with Crippen molar-refractivity contribution >= 4 is 35.0 Å². The molecule has 1 N–H and O–H groups in total. The van der Waals surface area contributed by atoms with Gasteiger partial charge in [-0.15, -0.1) is 11.8 Å². The number of hydrogen-bond donors (Lipinski definition) is 1. The lowest BCUT2D eigenvalue weighted by Gasteiger charge is -2.09. The van der Waals surface area contributed by atoms with Crippen LogP contribution in [0.3, 0.4) is 0 Å². The number of thioether (sulfide) groups is 1. The summed E-state index contributed by atoms with van der Waals surface area (Å²) < 4.78 is 0. The van der Waals surface area contributed by atoms with Gasteiger partial charge in [0.25, 0.3) is 5.69 Å². The summed E-state index contributed by atoms with van der Waals surface area (Å²) >= 11 is 7.15. The maximum Gasteiger partial charge on any atom is 0.288 e. The summed E-state index contributed by atoms with van der Waals surface area (Å²) in [5.41, 5.74) is 0.544. The van der Waals surface area contributed by atoms with Crippen LogP contribution in [0, 0.1) is 10.1 Å². The Morgan fingerprint density at radius 3 is 2.76 bits per heavy atom. The molecule has 1 aromatic carbocycles. The van der Waals surface area contributed by atoms with Crippen molar-refractivity contribution in [3.8, 4) is 0 Å². The van der Waals surface area contributed by atoms with Gasteiger partial charge in [0.1, 0.15) is 10.4 Å². The Kier molecular flexibility index (Phi) is 3.26. The van der Waals surface area contributed by atoms with Crippen molar-refractivity contribution in [2.45, 2.75) is 17.5 Å². The van der Waals surface area contributed by atoms with Crippen molar-refractivity contribution in [1.82, 2.24) is 5.32 Å². The molecule has 0 spiro atoms. The minimum absolute atomic E-state index is 0.0578. The zero-order valence-electron chi connectivity index (χ0n) is 8.84. The Labute approximate surface area is 107 Å². The van der Waals surface area contributed by atoms with E-state index in [1.165, 1.54) is 23.9 Å². The van der Waals surface area contributed by atoms with Gasteiger partial charge >= 0.3 is 0 Å². The molecule has 17 heavy (non-hydrogen) atoms. The molecule has 2 rings (SSSR count). The van der Waals surface area contributed by atoms with Crippen LogP contribution < -0.4 is 5.32 Å². The highest BCUT2D eigenvalue weighted by Crippen LogP contribution is 2.37. The van der Waals surface area contributed by atoms with E-state index in [9.17, 15) is 14.9 Å². The standard InChI is InChI=1S/C10H9ClN2O3S/c1-5-9(14)12-10(17-5)6-2-3-7(11)8(4-6)13(15)16/h2-5,10H,1H3,(H,12,14)/t5-,10-/m1/s1. The Balaban J connectivity index is 2.31. The van der Waals surface area contributed by atoms with Crippen molar-refractivity contribution in [3.63, 3.8) is 0 Å². The number of rotatable bonds is 2. The maximum atomic E-state index is 11.4. The molecule has 7 heteroatoms. The Hall–Kier alpha value is -1.27. The molecule has 0 aromatic heterocycles. The topological polar surface area (TPSA) is 72.2 Å². The smallest absolute Gasteiger partial charge is 0.288 e. The molecular formula is C10H9ClN2O3S. The SMILES string of the molecule is C[C@H]1S[C@H](c2ccc(Cl)c([N+](=O)[O-])c2)NC1=O. The Morgan fingerprint density at radius 1 is 1.53 bits per heavy atom. The maximum absolute atomic E-state index is 11.4. The van der Waals surface area contributed by atoms with E-state index < -0.39 is 4.92 Å². The zero-order chi connectivity index (χ0) is 12.6. The quantitative estimate of drug-likeness (QED) is 0.663. The van der Waals surface area contributed by atoms with Gasteiger partial charge in [0.2, 0.25) is 5.91 Å². The number of halogens is 1. The molecule has 0 saturated carbocycles. The van der Waals surface area contributed by atoms with Gasteiger partial charge in [-0.2, -0.15) is 0 Å². The highest BCUT2D eigenvalue weighted by atomic mass is 35.5. The minimum atomic E-state index is -0.531. The molecule has 90 valence electrons. The van der Waals surface area contributed by atoms with Crippen LogP contribution in [0.1, 0.15) is 17.9 Å². The molecule has 0 aliphatic carbocycles. The molecule has 0 bridgehead atoms. The van der Waals surface area contributed by atoms with Crippen molar-refractivity contribution in [2.75, 3.05) is 0 Å². The van der Waals surface area contributed by atoms with E-state index in [-0.39, 0.29) is 27.2 Å². The van der Waals surface area contributed by atoms with Crippen LogP contribution >= 0.6 is 23.4 Å². The van der Waals surface area contributed by atoms with E-state index in [4.69, 9.17) is 11.6 Å². The minimum Gasteiger partial charge on any atom is -0.339 e. The molecule has 1 fully saturated rings. The Bertz CT molecular complexity index is 494. The number of benzene rings is 1. The van der Waals surface area contributed by atoms with E-state index in [0.29, 0.717) is 5.56 Å². The number of hydrogen-bond acceptors (Lipinski definition) is 4. The van der Waals surface area contributed by atoms with Crippen LogP contribution in [0.4, 0.5) is 5.69 Å². The fourth-order valence-corrected chi connectivity index (χ4v) is 2.82. The number of nitrogens with zero attached hydrogens (tertiary/aromatic N) is 1. The number of carbonyl (C=O) groups is 1. The average molecular weight is 273 g/mol. The van der Waals surface area contributed by atoms with Crippen molar-refractivity contribution in [2.24, 2.45) is 0 Å². The lowest BCUT2D eigenvalue weighted by atomic mass is 10.2. The first kappa shape index (κ1) is 12.2. The molecule has 1 aliphatic rings. The van der Waals surface area contributed by atoms with Crippen LogP contribution in [0.5, 0.6) is 0 Å². The summed E-state index contributed by atoms with van der Waals surface area (Å²) in [5.74, 6) is -0.0578. The third-order valence-corrected chi connectivity index (χ3v) is 4.06. The summed E-state index contributed by atoms with van der Waals surface area (Å²) in [6.45, 7) is 1.80. The molecular weight excluding hydrogens is 264 g/mol. The molecule has 5 nitrogen and oxygen atoms in total. The van der Waals surface area contributed by atoms with Gasteiger partial charge < -0.3 is 5.32 Å². The van der Waals surface area contributed by atoms with Gasteiger partial charge in [-0.1, -0.05) is 17.7 Å². The summed E-state index contributed by atoms with van der Waals surface area (Å²) in [5, 5.41) is 13.2. The van der Waals surface area contributed by atoms with E-state index in [2.05, 4.69) is 5.32 Å². The third-order valence-electron chi connectivity index (χ3n) is 2.45. The zero-order valence-corrected chi connectivity index (χ0v) is 10.4. The second-order valence-electron chi connectivity index (χ2n) is 3.63. The van der Waals surface area contributed by atoms with E-state index >= 15 is 0 Å². The van der Waals surface area contributed by atoms with Crippen molar-refractivity contribution in [3.05, 3.63) is 38.9 Å². The summed E-state index contributed by atoms with van der Waals surface area (Å²) in [4.78, 5) is 21.6. The first-order chi connectivity index (χ1) is 7.99. The van der Waals surface area contributed by atoms with Gasteiger partial charge in [0, 0.05) is 6.07 Å². The predicted octanol–water partition coefficient (Wildman–Crippen LogP) is 2.50. The molecule has 1 aliphatic heterocycles. The normalized spacial score (nSPS) is 23.5. The lowest BCUT2D eigenvalue weighted by Crippen LogP contribution is -2.22. The number of amides is 1. The van der Waals surface area contributed by atoms with Crippen LogP contribution in [-0.2, 0) is 4.79 Å². The fraction of sp³-hybridized carbons (Fsp3) is 0.300. The highest BCUT2D eigenvalue weighted by Gasteiger charge is 2.31. The molecule has 1 saturated heterocycles. The number of nitro groups is 1. The number of carbonyl (C=O) groups excluding carboxylic acids is 1. The second kappa shape index (κ2) is 4.54. The number of nitrogens with one attached hydrogen (secondary N) is 1. The monoisotopic (exact) mass is 272 g/mol. The fourth-order valence-electron chi connectivity index (χ4n) is 1.54. The third kappa shape index (κ3) is 2.37. The van der Waals surface area contributed by atoms with Crippen LogP contribution in [0.15, 0.2) is 18.2 Å². The molecule has 2 atom stereocenters. The van der Waals surface area contributed by atoms with Crippen molar-refractivity contribution < 1.29 is 9.72 Å². The molecule has 1 heterocycles. The van der Waals surface area contributed by atoms with Gasteiger partial charge in [-0.05, 0) is 18.6 Å². The first-order valence-electron chi connectivity index (χ1n) is 4.88. The van der Waals surface area contributed by atoms with Gasteiger partial charge in [0.15, 0.2) is 0 Å². The molecule has 1 amide bonds. The van der Waals surface area contributed by atoms with Crippen LogP contribution in [0.25, 0.3) is 0 Å². The largest absolute Gasteiger partial charge is 0.339 e. The second-order valence-corrected chi connectivity index (χ2v) is 5.49.